The normalized spacial score (nSPS) is 23.3. The van der Waals surface area contributed by atoms with E-state index in [-0.39, 0.29) is 23.2 Å². The topological polar surface area (TPSA) is 98.5 Å². The minimum Gasteiger partial charge on any atom is -0.449 e. The summed E-state index contributed by atoms with van der Waals surface area (Å²) in [6, 6.07) is 4.24. The van der Waals surface area contributed by atoms with Crippen molar-refractivity contribution in [2.45, 2.75) is 57.1 Å². The molecule has 1 aliphatic rings. The second-order valence-electron chi connectivity index (χ2n) is 7.07. The van der Waals surface area contributed by atoms with Crippen LogP contribution in [0.3, 0.4) is 0 Å². The van der Waals surface area contributed by atoms with Gasteiger partial charge in [-0.15, -0.1) is 11.8 Å². The fourth-order valence-corrected chi connectivity index (χ4v) is 3.87. The molecule has 2 rings (SSSR count). The molecule has 0 bridgehead atoms. The van der Waals surface area contributed by atoms with Crippen LogP contribution in [-0.4, -0.2) is 35.2 Å². The molecule has 0 spiro atoms. The molecule has 1 aliphatic carbocycles. The highest BCUT2D eigenvalue weighted by Gasteiger charge is 2.30. The van der Waals surface area contributed by atoms with E-state index in [9.17, 15) is 19.7 Å². The third kappa shape index (κ3) is 5.22. The van der Waals surface area contributed by atoms with Crippen molar-refractivity contribution in [2.24, 2.45) is 11.8 Å². The number of nitro benzene ring substituents is 1. The van der Waals surface area contributed by atoms with Crippen molar-refractivity contribution in [3.8, 4) is 0 Å². The molecular formula is C19H26N2O5S. The molecule has 1 aromatic carbocycles. The summed E-state index contributed by atoms with van der Waals surface area (Å²) < 4.78 is 5.23. The maximum atomic E-state index is 12.4. The van der Waals surface area contributed by atoms with Crippen LogP contribution in [-0.2, 0) is 9.53 Å². The number of nitrogens with zero attached hydrogens (tertiary/aromatic N) is 1. The summed E-state index contributed by atoms with van der Waals surface area (Å²) in [4.78, 5) is 35.8. The lowest BCUT2D eigenvalue weighted by molar-refractivity contribution is -0.387. The predicted molar refractivity (Wildman–Crippen MR) is 104 cm³/mol. The van der Waals surface area contributed by atoms with E-state index >= 15 is 0 Å². The number of carbonyl (C=O) groups excluding carboxylic acids is 2. The van der Waals surface area contributed by atoms with Gasteiger partial charge in [0.25, 0.3) is 11.6 Å². The molecule has 1 aromatic rings. The number of hydrogen-bond acceptors (Lipinski definition) is 6. The molecule has 1 amide bonds. The Hall–Kier alpha value is -2.09. The van der Waals surface area contributed by atoms with Gasteiger partial charge < -0.3 is 10.1 Å². The Morgan fingerprint density at radius 2 is 2.04 bits per heavy atom. The Labute approximate surface area is 163 Å². The number of ether oxygens (including phenoxy) is 1. The lowest BCUT2D eigenvalue weighted by Gasteiger charge is -2.35. The fraction of sp³-hybridized carbons (Fsp3) is 0.579. The van der Waals surface area contributed by atoms with Crippen LogP contribution in [0.4, 0.5) is 5.69 Å². The zero-order chi connectivity index (χ0) is 20.1. The first-order valence-corrected chi connectivity index (χ1v) is 10.3. The highest BCUT2D eigenvalue weighted by Crippen LogP contribution is 2.30. The quantitative estimate of drug-likeness (QED) is 0.341. The van der Waals surface area contributed by atoms with Crippen LogP contribution in [0.15, 0.2) is 23.1 Å². The van der Waals surface area contributed by atoms with Crippen LogP contribution in [0, 0.1) is 22.0 Å². The lowest BCUT2D eigenvalue weighted by Crippen LogP contribution is -2.47. The molecule has 1 saturated carbocycles. The van der Waals surface area contributed by atoms with E-state index in [2.05, 4.69) is 19.2 Å². The van der Waals surface area contributed by atoms with Gasteiger partial charge in [-0.2, -0.15) is 0 Å². The van der Waals surface area contributed by atoms with Crippen LogP contribution in [0.2, 0.25) is 0 Å². The Balaban J connectivity index is 2.01. The van der Waals surface area contributed by atoms with Gasteiger partial charge in [0.05, 0.1) is 15.4 Å². The van der Waals surface area contributed by atoms with Crippen molar-refractivity contribution >= 4 is 29.3 Å². The van der Waals surface area contributed by atoms with Crippen molar-refractivity contribution in [3.63, 3.8) is 0 Å². The Morgan fingerprint density at radius 3 is 2.67 bits per heavy atom. The third-order valence-electron chi connectivity index (χ3n) is 5.30. The molecule has 0 aliphatic heterocycles. The zero-order valence-electron chi connectivity index (χ0n) is 16.1. The molecular weight excluding hydrogens is 368 g/mol. The predicted octanol–water partition coefficient (Wildman–Crippen LogP) is 3.80. The maximum Gasteiger partial charge on any atom is 0.339 e. The molecule has 1 fully saturated rings. The first kappa shape index (κ1) is 21.2. The van der Waals surface area contributed by atoms with Crippen molar-refractivity contribution in [1.29, 1.82) is 0 Å². The summed E-state index contributed by atoms with van der Waals surface area (Å²) in [7, 11) is 0. The highest BCUT2D eigenvalue weighted by molar-refractivity contribution is 7.98. The molecule has 0 saturated heterocycles. The number of thioether (sulfide) groups is 1. The van der Waals surface area contributed by atoms with E-state index in [1.54, 1.807) is 6.26 Å². The fourth-order valence-electron chi connectivity index (χ4n) is 3.33. The monoisotopic (exact) mass is 394 g/mol. The molecule has 0 radical (unpaired) electrons. The Morgan fingerprint density at radius 1 is 1.33 bits per heavy atom. The van der Waals surface area contributed by atoms with E-state index in [0.29, 0.717) is 16.7 Å². The molecule has 148 valence electrons. The number of rotatable bonds is 6. The van der Waals surface area contributed by atoms with Crippen LogP contribution in [0.1, 0.15) is 50.4 Å². The van der Waals surface area contributed by atoms with Gasteiger partial charge in [0.15, 0.2) is 6.10 Å². The van der Waals surface area contributed by atoms with Crippen LogP contribution >= 0.6 is 11.8 Å². The molecule has 0 unspecified atom stereocenters. The van der Waals surface area contributed by atoms with Gasteiger partial charge in [-0.1, -0.05) is 26.7 Å². The molecule has 27 heavy (non-hydrogen) atoms. The molecule has 8 heteroatoms. The number of benzene rings is 1. The highest BCUT2D eigenvalue weighted by atomic mass is 32.2. The Kier molecular flexibility index (Phi) is 7.24. The van der Waals surface area contributed by atoms with Gasteiger partial charge in [-0.05, 0) is 43.6 Å². The minimum absolute atomic E-state index is 0.0545. The number of nitrogens with one attached hydrogen (secondary N) is 1. The van der Waals surface area contributed by atoms with E-state index in [1.165, 1.54) is 36.9 Å². The van der Waals surface area contributed by atoms with E-state index in [0.717, 1.165) is 19.3 Å². The van der Waals surface area contributed by atoms with Gasteiger partial charge in [0.1, 0.15) is 0 Å². The Bertz CT molecular complexity index is 724. The molecule has 0 heterocycles. The summed E-state index contributed by atoms with van der Waals surface area (Å²) in [5.41, 5.74) is -0.0992. The number of esters is 1. The minimum atomic E-state index is -0.971. The van der Waals surface area contributed by atoms with E-state index in [1.807, 2.05) is 0 Å². The molecule has 4 atom stereocenters. The van der Waals surface area contributed by atoms with Gasteiger partial charge in [0, 0.05) is 12.1 Å². The average molecular weight is 394 g/mol. The van der Waals surface area contributed by atoms with Crippen molar-refractivity contribution in [1.82, 2.24) is 5.32 Å². The smallest absolute Gasteiger partial charge is 0.339 e. The van der Waals surface area contributed by atoms with E-state index < -0.39 is 17.0 Å². The van der Waals surface area contributed by atoms with Gasteiger partial charge in [-0.3, -0.25) is 14.9 Å². The first-order chi connectivity index (χ1) is 12.7. The lowest BCUT2D eigenvalue weighted by atomic mass is 9.78. The number of hydrogen-bond donors (Lipinski definition) is 1. The standard InChI is InChI=1S/C19H26N2O5S/c1-11-6-5-7-15(12(11)2)20-18(22)13(3)26-19(23)14-8-9-17(27-4)16(10-14)21(24)25/h8-13,15H,5-7H2,1-4H3,(H,20,22)/t11-,12+,13+,15-/m0/s1. The molecule has 7 nitrogen and oxygen atoms in total. The summed E-state index contributed by atoms with van der Waals surface area (Å²) >= 11 is 1.22. The maximum absolute atomic E-state index is 12.4. The third-order valence-corrected chi connectivity index (χ3v) is 6.08. The van der Waals surface area contributed by atoms with Crippen molar-refractivity contribution in [3.05, 3.63) is 33.9 Å². The number of carbonyl (C=O) groups is 2. The van der Waals surface area contributed by atoms with Crippen LogP contribution < -0.4 is 5.32 Å². The summed E-state index contributed by atoms with van der Waals surface area (Å²) in [6.07, 6.45) is 3.89. The van der Waals surface area contributed by atoms with Gasteiger partial charge in [-0.25, -0.2) is 4.79 Å². The van der Waals surface area contributed by atoms with Crippen LogP contribution in [0.25, 0.3) is 0 Å². The van der Waals surface area contributed by atoms with Crippen molar-refractivity contribution < 1.29 is 19.2 Å². The van der Waals surface area contributed by atoms with Crippen LogP contribution in [0.5, 0.6) is 0 Å². The first-order valence-electron chi connectivity index (χ1n) is 9.08. The van der Waals surface area contributed by atoms with Gasteiger partial charge in [0.2, 0.25) is 0 Å². The van der Waals surface area contributed by atoms with E-state index in [4.69, 9.17) is 4.74 Å². The second kappa shape index (κ2) is 9.21. The van der Waals surface area contributed by atoms with Gasteiger partial charge >= 0.3 is 5.97 Å². The summed E-state index contributed by atoms with van der Waals surface area (Å²) in [5.74, 6) is -0.187. The largest absolute Gasteiger partial charge is 0.449 e. The summed E-state index contributed by atoms with van der Waals surface area (Å²) in [6.45, 7) is 5.81. The summed E-state index contributed by atoms with van der Waals surface area (Å²) in [5, 5.41) is 14.1. The zero-order valence-corrected chi connectivity index (χ0v) is 16.9. The number of nitro groups is 1. The number of amides is 1. The SMILES string of the molecule is CSc1ccc(C(=O)O[C@H](C)C(=O)N[C@H]2CCC[C@H](C)[C@H]2C)cc1[N+](=O)[O-]. The molecule has 0 aromatic heterocycles. The second-order valence-corrected chi connectivity index (χ2v) is 7.92. The average Bonchev–Trinajstić information content (AvgIpc) is 2.64. The molecule has 1 N–H and O–H groups in total. The van der Waals surface area contributed by atoms with Crippen molar-refractivity contribution in [2.75, 3.05) is 6.26 Å².